The summed E-state index contributed by atoms with van der Waals surface area (Å²) >= 11 is 7.10. The van der Waals surface area contributed by atoms with Gasteiger partial charge in [-0.3, -0.25) is 4.79 Å². The van der Waals surface area contributed by atoms with Gasteiger partial charge in [0.1, 0.15) is 6.10 Å². The molecule has 1 fully saturated rings. The third-order valence-electron chi connectivity index (χ3n) is 1.83. The van der Waals surface area contributed by atoms with Crippen molar-refractivity contribution in [3.05, 3.63) is 15.8 Å². The zero-order chi connectivity index (χ0) is 9.26. The summed E-state index contributed by atoms with van der Waals surface area (Å²) < 4.78 is 5.70. The molecule has 3 nitrogen and oxygen atoms in total. The molecule has 0 radical (unpaired) electrons. The normalized spacial score (nSPS) is 20.8. The molecule has 1 aromatic heterocycles. The minimum absolute atomic E-state index is 0.0827. The smallest absolute Gasteiger partial charge is 0.253 e. The number of rotatable bonds is 2. The zero-order valence-corrected chi connectivity index (χ0v) is 8.32. The molecule has 70 valence electrons. The van der Waals surface area contributed by atoms with Crippen LogP contribution in [0.25, 0.3) is 0 Å². The highest BCUT2D eigenvalue weighted by Gasteiger charge is 2.26. The first-order valence-corrected chi connectivity index (χ1v) is 5.18. The Kier molecular flexibility index (Phi) is 2.53. The summed E-state index contributed by atoms with van der Waals surface area (Å²) in [5.74, 6) is -0.0827. The van der Waals surface area contributed by atoms with Crippen molar-refractivity contribution >= 4 is 34.5 Å². The SMILES string of the molecule is O=C(Nc1csc(Cl)c1)C1CCO1. The highest BCUT2D eigenvalue weighted by atomic mass is 35.5. The molecule has 0 spiro atoms. The number of carbonyl (C=O) groups excluding carboxylic acids is 1. The van der Waals surface area contributed by atoms with Crippen molar-refractivity contribution in [2.75, 3.05) is 11.9 Å². The number of carbonyl (C=O) groups is 1. The topological polar surface area (TPSA) is 38.3 Å². The van der Waals surface area contributed by atoms with Crippen LogP contribution in [0.1, 0.15) is 6.42 Å². The number of amides is 1. The van der Waals surface area contributed by atoms with Crippen molar-refractivity contribution in [1.29, 1.82) is 0 Å². The molecule has 1 unspecified atom stereocenters. The molecule has 0 bridgehead atoms. The highest BCUT2D eigenvalue weighted by molar-refractivity contribution is 7.14. The van der Waals surface area contributed by atoms with Gasteiger partial charge in [-0.05, 0) is 6.07 Å². The number of hydrogen-bond donors (Lipinski definition) is 1. The molecular weight excluding hydrogens is 210 g/mol. The molecule has 1 aromatic rings. The molecule has 0 saturated carbocycles. The van der Waals surface area contributed by atoms with E-state index in [2.05, 4.69) is 5.32 Å². The largest absolute Gasteiger partial charge is 0.368 e. The molecule has 2 rings (SSSR count). The quantitative estimate of drug-likeness (QED) is 0.824. The number of thiophene rings is 1. The Labute approximate surface area is 84.7 Å². The summed E-state index contributed by atoms with van der Waals surface area (Å²) in [5.41, 5.74) is 0.746. The Balaban J connectivity index is 1.93. The zero-order valence-electron chi connectivity index (χ0n) is 6.75. The van der Waals surface area contributed by atoms with Crippen molar-refractivity contribution in [1.82, 2.24) is 0 Å². The van der Waals surface area contributed by atoms with Crippen LogP contribution < -0.4 is 5.32 Å². The van der Waals surface area contributed by atoms with Crippen LogP contribution in [0, 0.1) is 0 Å². The Bertz CT molecular complexity index is 322. The minimum atomic E-state index is -0.265. The standard InChI is InChI=1S/C8H8ClNO2S/c9-7-3-5(4-13-7)10-8(11)6-1-2-12-6/h3-4,6H,1-2H2,(H,10,11). The molecule has 1 aliphatic heterocycles. The maximum atomic E-state index is 11.3. The second-order valence-corrected chi connectivity index (χ2v) is 4.32. The van der Waals surface area contributed by atoms with E-state index in [0.29, 0.717) is 10.9 Å². The van der Waals surface area contributed by atoms with Gasteiger partial charge >= 0.3 is 0 Å². The fourth-order valence-electron chi connectivity index (χ4n) is 1.04. The second-order valence-electron chi connectivity index (χ2n) is 2.78. The van der Waals surface area contributed by atoms with Crippen molar-refractivity contribution in [3.63, 3.8) is 0 Å². The van der Waals surface area contributed by atoms with Crippen LogP contribution in [0.3, 0.4) is 0 Å². The summed E-state index contributed by atoms with van der Waals surface area (Å²) in [6, 6.07) is 1.72. The lowest BCUT2D eigenvalue weighted by molar-refractivity contribution is -0.139. The third-order valence-corrected chi connectivity index (χ3v) is 2.92. The first kappa shape index (κ1) is 8.99. The molecule has 0 aliphatic carbocycles. The van der Waals surface area contributed by atoms with Gasteiger partial charge in [0.05, 0.1) is 16.6 Å². The molecule has 1 aliphatic rings. The van der Waals surface area contributed by atoms with Gasteiger partial charge in [0.25, 0.3) is 5.91 Å². The predicted octanol–water partition coefficient (Wildman–Crippen LogP) is 2.13. The lowest BCUT2D eigenvalue weighted by Gasteiger charge is -2.24. The number of ether oxygens (including phenoxy) is 1. The number of nitrogens with one attached hydrogen (secondary N) is 1. The van der Waals surface area contributed by atoms with Crippen LogP contribution in [-0.2, 0) is 9.53 Å². The molecule has 1 N–H and O–H groups in total. The summed E-state index contributed by atoms with van der Waals surface area (Å²) in [6.45, 7) is 0.683. The van der Waals surface area contributed by atoms with Crippen molar-refractivity contribution in [2.24, 2.45) is 0 Å². The molecular formula is C8H8ClNO2S. The van der Waals surface area contributed by atoms with E-state index < -0.39 is 0 Å². The van der Waals surface area contributed by atoms with Gasteiger partial charge < -0.3 is 10.1 Å². The van der Waals surface area contributed by atoms with E-state index in [1.165, 1.54) is 11.3 Å². The van der Waals surface area contributed by atoms with Crippen LogP contribution in [0.15, 0.2) is 11.4 Å². The fourth-order valence-corrected chi connectivity index (χ4v) is 1.85. The average molecular weight is 218 g/mol. The van der Waals surface area contributed by atoms with E-state index in [0.717, 1.165) is 12.1 Å². The monoisotopic (exact) mass is 217 g/mol. The molecule has 1 amide bonds. The van der Waals surface area contributed by atoms with E-state index in [1.807, 2.05) is 0 Å². The summed E-state index contributed by atoms with van der Waals surface area (Å²) in [4.78, 5) is 11.3. The first-order valence-electron chi connectivity index (χ1n) is 3.92. The molecule has 1 atom stereocenters. The number of halogens is 1. The molecule has 0 aromatic carbocycles. The van der Waals surface area contributed by atoms with Crippen LogP contribution in [0.5, 0.6) is 0 Å². The molecule has 5 heteroatoms. The second kappa shape index (κ2) is 3.65. The van der Waals surface area contributed by atoms with Crippen LogP contribution in [0.2, 0.25) is 4.34 Å². The van der Waals surface area contributed by atoms with Crippen LogP contribution in [-0.4, -0.2) is 18.6 Å². The van der Waals surface area contributed by atoms with E-state index in [-0.39, 0.29) is 12.0 Å². The van der Waals surface area contributed by atoms with Gasteiger partial charge in [0.15, 0.2) is 0 Å². The van der Waals surface area contributed by atoms with Crippen molar-refractivity contribution in [3.8, 4) is 0 Å². The summed E-state index contributed by atoms with van der Waals surface area (Å²) in [7, 11) is 0. The maximum Gasteiger partial charge on any atom is 0.253 e. The average Bonchev–Trinajstić information content (AvgIpc) is 2.31. The third kappa shape index (κ3) is 2.02. The first-order chi connectivity index (χ1) is 6.25. The van der Waals surface area contributed by atoms with E-state index in [1.54, 1.807) is 11.4 Å². The number of hydrogen-bond acceptors (Lipinski definition) is 3. The van der Waals surface area contributed by atoms with Gasteiger partial charge in [-0.25, -0.2) is 0 Å². The van der Waals surface area contributed by atoms with E-state index in [4.69, 9.17) is 16.3 Å². The predicted molar refractivity (Wildman–Crippen MR) is 52.3 cm³/mol. The van der Waals surface area contributed by atoms with E-state index in [9.17, 15) is 4.79 Å². The molecule has 2 heterocycles. The Morgan fingerprint density at radius 1 is 1.77 bits per heavy atom. The van der Waals surface area contributed by atoms with Crippen LogP contribution >= 0.6 is 22.9 Å². The van der Waals surface area contributed by atoms with Crippen molar-refractivity contribution < 1.29 is 9.53 Å². The maximum absolute atomic E-state index is 11.3. The van der Waals surface area contributed by atoms with E-state index >= 15 is 0 Å². The van der Waals surface area contributed by atoms with Crippen molar-refractivity contribution in [2.45, 2.75) is 12.5 Å². The minimum Gasteiger partial charge on any atom is -0.368 e. The van der Waals surface area contributed by atoms with Gasteiger partial charge in [0, 0.05) is 11.8 Å². The lowest BCUT2D eigenvalue weighted by Crippen LogP contribution is -2.38. The Morgan fingerprint density at radius 3 is 3.00 bits per heavy atom. The number of anilines is 1. The summed E-state index contributed by atoms with van der Waals surface area (Å²) in [5, 5.41) is 4.53. The molecule has 1 saturated heterocycles. The van der Waals surface area contributed by atoms with Gasteiger partial charge in [-0.15, -0.1) is 11.3 Å². The van der Waals surface area contributed by atoms with Crippen LogP contribution in [0.4, 0.5) is 5.69 Å². The highest BCUT2D eigenvalue weighted by Crippen LogP contribution is 2.24. The Morgan fingerprint density at radius 2 is 2.54 bits per heavy atom. The van der Waals surface area contributed by atoms with Gasteiger partial charge in [-0.1, -0.05) is 11.6 Å². The van der Waals surface area contributed by atoms with Gasteiger partial charge in [0.2, 0.25) is 0 Å². The summed E-state index contributed by atoms with van der Waals surface area (Å²) in [6.07, 6.45) is 0.544. The molecule has 13 heavy (non-hydrogen) atoms. The fraction of sp³-hybridized carbons (Fsp3) is 0.375. The van der Waals surface area contributed by atoms with Gasteiger partial charge in [-0.2, -0.15) is 0 Å². The Hall–Kier alpha value is -0.580. The lowest BCUT2D eigenvalue weighted by atomic mass is 10.2.